The second-order valence-corrected chi connectivity index (χ2v) is 5.92. The van der Waals surface area contributed by atoms with E-state index in [0.29, 0.717) is 17.4 Å². The number of nitrogens with zero attached hydrogens (tertiary/aromatic N) is 3. The topological polar surface area (TPSA) is 34.2 Å². The van der Waals surface area contributed by atoms with Crippen LogP contribution < -0.4 is 0 Å². The molecule has 0 saturated carbocycles. The predicted octanol–water partition coefficient (Wildman–Crippen LogP) is 3.34. The minimum absolute atomic E-state index is 0.264. The van der Waals surface area contributed by atoms with Crippen molar-refractivity contribution in [1.82, 2.24) is 14.7 Å². The summed E-state index contributed by atoms with van der Waals surface area (Å²) in [6.07, 6.45) is 1.08. The molecular formula is C15H19N3OS. The lowest BCUT2D eigenvalue weighted by molar-refractivity contribution is 0.186. The zero-order valence-electron chi connectivity index (χ0n) is 11.9. The molecule has 5 heteroatoms. The molecule has 1 aliphatic rings. The third-order valence-corrected chi connectivity index (χ3v) is 3.95. The number of fused-ring (bicyclic) bond motifs is 1. The van der Waals surface area contributed by atoms with Gasteiger partial charge in [0.1, 0.15) is 0 Å². The summed E-state index contributed by atoms with van der Waals surface area (Å²) in [5.74, 6) is 0.979. The van der Waals surface area contributed by atoms with Gasteiger partial charge in [-0.05, 0) is 29.8 Å². The molecule has 0 N–H and O–H groups in total. The smallest absolute Gasteiger partial charge is 0.288 e. The summed E-state index contributed by atoms with van der Waals surface area (Å²) >= 11 is 5.25. The van der Waals surface area contributed by atoms with E-state index in [4.69, 9.17) is 16.6 Å². The van der Waals surface area contributed by atoms with E-state index in [0.717, 1.165) is 19.5 Å². The lowest BCUT2D eigenvalue weighted by Crippen LogP contribution is -2.32. The first-order valence-electron chi connectivity index (χ1n) is 7.00. The van der Waals surface area contributed by atoms with Gasteiger partial charge < -0.3 is 4.42 Å². The van der Waals surface area contributed by atoms with Crippen LogP contribution in [0.1, 0.15) is 36.8 Å². The number of hydrogen-bond donors (Lipinski definition) is 0. The first kappa shape index (κ1) is 13.5. The molecule has 2 heterocycles. The van der Waals surface area contributed by atoms with Crippen LogP contribution in [0.4, 0.5) is 0 Å². The Morgan fingerprint density at radius 1 is 1.30 bits per heavy atom. The minimum Gasteiger partial charge on any atom is -0.414 e. The highest BCUT2D eigenvalue weighted by atomic mass is 32.1. The van der Waals surface area contributed by atoms with E-state index >= 15 is 0 Å². The summed E-state index contributed by atoms with van der Waals surface area (Å²) in [5, 5.41) is 4.46. The third-order valence-electron chi connectivity index (χ3n) is 3.66. The van der Waals surface area contributed by atoms with Crippen molar-refractivity contribution in [3.05, 3.63) is 46.1 Å². The molecule has 4 nitrogen and oxygen atoms in total. The standard InChI is InChI=1S/C15H19N3OS/c1-11(2)14-16-18(15(20)19-14)10-17-8-7-12-5-3-4-6-13(12)9-17/h3-6,11H,7-10H2,1-2H3. The van der Waals surface area contributed by atoms with E-state index in [-0.39, 0.29) is 5.92 Å². The highest BCUT2D eigenvalue weighted by molar-refractivity contribution is 7.71. The van der Waals surface area contributed by atoms with Gasteiger partial charge in [0.2, 0.25) is 5.89 Å². The monoisotopic (exact) mass is 289 g/mol. The van der Waals surface area contributed by atoms with Crippen LogP contribution in [0.2, 0.25) is 0 Å². The van der Waals surface area contributed by atoms with Gasteiger partial charge >= 0.3 is 0 Å². The summed E-state index contributed by atoms with van der Waals surface area (Å²) in [6.45, 7) is 6.79. The summed E-state index contributed by atoms with van der Waals surface area (Å²) in [7, 11) is 0. The molecule has 20 heavy (non-hydrogen) atoms. The van der Waals surface area contributed by atoms with Crippen LogP contribution in [0.5, 0.6) is 0 Å². The molecule has 0 aliphatic carbocycles. The fourth-order valence-corrected chi connectivity index (χ4v) is 2.69. The molecule has 1 aliphatic heterocycles. The van der Waals surface area contributed by atoms with E-state index in [1.165, 1.54) is 11.1 Å². The van der Waals surface area contributed by atoms with Crippen molar-refractivity contribution in [2.24, 2.45) is 0 Å². The molecule has 0 unspecified atom stereocenters. The Labute approximate surface area is 124 Å². The molecular weight excluding hydrogens is 270 g/mol. The molecule has 0 fully saturated rings. The SMILES string of the molecule is CC(C)c1nn(CN2CCc3ccccc3C2)c(=S)o1. The molecule has 0 radical (unpaired) electrons. The van der Waals surface area contributed by atoms with Crippen LogP contribution in [0.15, 0.2) is 28.7 Å². The van der Waals surface area contributed by atoms with Gasteiger partial charge in [0.25, 0.3) is 4.84 Å². The molecule has 106 valence electrons. The maximum absolute atomic E-state index is 5.53. The zero-order chi connectivity index (χ0) is 14.1. The summed E-state index contributed by atoms with van der Waals surface area (Å²) in [4.78, 5) is 2.82. The maximum Gasteiger partial charge on any atom is 0.288 e. The first-order chi connectivity index (χ1) is 9.63. The molecule has 0 amide bonds. The number of aromatic nitrogens is 2. The molecule has 0 bridgehead atoms. The zero-order valence-corrected chi connectivity index (χ0v) is 12.7. The van der Waals surface area contributed by atoms with Crippen LogP contribution in [0.25, 0.3) is 0 Å². The van der Waals surface area contributed by atoms with Crippen molar-refractivity contribution < 1.29 is 4.42 Å². The summed E-state index contributed by atoms with van der Waals surface area (Å²) in [5.41, 5.74) is 2.85. The van der Waals surface area contributed by atoms with Gasteiger partial charge in [0, 0.05) is 19.0 Å². The fraction of sp³-hybridized carbons (Fsp3) is 0.467. The minimum atomic E-state index is 0.264. The van der Waals surface area contributed by atoms with Crippen LogP contribution >= 0.6 is 12.2 Å². The van der Waals surface area contributed by atoms with Gasteiger partial charge in [-0.25, -0.2) is 4.68 Å². The lowest BCUT2D eigenvalue weighted by Gasteiger charge is -2.28. The van der Waals surface area contributed by atoms with E-state index < -0.39 is 0 Å². The van der Waals surface area contributed by atoms with Gasteiger partial charge in [0.15, 0.2) is 0 Å². The molecule has 1 aromatic heterocycles. The van der Waals surface area contributed by atoms with E-state index in [1.54, 1.807) is 4.68 Å². The molecule has 0 spiro atoms. The van der Waals surface area contributed by atoms with Crippen molar-refractivity contribution in [2.45, 2.75) is 39.4 Å². The van der Waals surface area contributed by atoms with Crippen molar-refractivity contribution >= 4 is 12.2 Å². The fourth-order valence-electron chi connectivity index (χ4n) is 2.51. The maximum atomic E-state index is 5.53. The Morgan fingerprint density at radius 3 is 2.75 bits per heavy atom. The Kier molecular flexibility index (Phi) is 3.72. The number of hydrogen-bond acceptors (Lipinski definition) is 4. The molecule has 0 saturated heterocycles. The van der Waals surface area contributed by atoms with Gasteiger partial charge in [-0.1, -0.05) is 38.1 Å². The van der Waals surface area contributed by atoms with Crippen molar-refractivity contribution in [3.63, 3.8) is 0 Å². The number of benzene rings is 1. The number of rotatable bonds is 3. The van der Waals surface area contributed by atoms with Gasteiger partial charge in [0.05, 0.1) is 6.67 Å². The van der Waals surface area contributed by atoms with E-state index in [1.807, 2.05) is 0 Å². The molecule has 0 atom stereocenters. The quantitative estimate of drug-likeness (QED) is 0.812. The largest absolute Gasteiger partial charge is 0.414 e. The van der Waals surface area contributed by atoms with Gasteiger partial charge in [-0.15, -0.1) is 5.10 Å². The molecule has 1 aromatic carbocycles. The van der Waals surface area contributed by atoms with Gasteiger partial charge in [-0.3, -0.25) is 4.90 Å². The Morgan fingerprint density at radius 2 is 2.05 bits per heavy atom. The average Bonchev–Trinajstić information content (AvgIpc) is 2.80. The highest BCUT2D eigenvalue weighted by Crippen LogP contribution is 2.19. The normalized spacial score (nSPS) is 15.6. The highest BCUT2D eigenvalue weighted by Gasteiger charge is 2.17. The average molecular weight is 289 g/mol. The van der Waals surface area contributed by atoms with Crippen molar-refractivity contribution in [1.29, 1.82) is 0 Å². The van der Waals surface area contributed by atoms with Crippen LogP contribution in [0, 0.1) is 4.84 Å². The van der Waals surface area contributed by atoms with Crippen molar-refractivity contribution in [3.8, 4) is 0 Å². The predicted molar refractivity (Wildman–Crippen MR) is 80.0 cm³/mol. The summed E-state index contributed by atoms with van der Waals surface area (Å²) in [6, 6.07) is 8.62. The molecule has 2 aromatic rings. The van der Waals surface area contributed by atoms with Crippen molar-refractivity contribution in [2.75, 3.05) is 6.54 Å². The van der Waals surface area contributed by atoms with E-state index in [9.17, 15) is 0 Å². The second kappa shape index (κ2) is 5.50. The van der Waals surface area contributed by atoms with E-state index in [2.05, 4.69) is 48.1 Å². The Hall–Kier alpha value is -1.46. The van der Waals surface area contributed by atoms with Gasteiger partial charge in [-0.2, -0.15) is 0 Å². The first-order valence-corrected chi connectivity index (χ1v) is 7.41. The van der Waals surface area contributed by atoms with Crippen LogP contribution in [-0.4, -0.2) is 21.2 Å². The summed E-state index contributed by atoms with van der Waals surface area (Å²) < 4.78 is 7.32. The van der Waals surface area contributed by atoms with Crippen LogP contribution in [0.3, 0.4) is 0 Å². The lowest BCUT2D eigenvalue weighted by atomic mass is 10.0. The Balaban J connectivity index is 1.75. The third kappa shape index (κ3) is 2.69. The van der Waals surface area contributed by atoms with Crippen LogP contribution in [-0.2, 0) is 19.6 Å². The molecule has 3 rings (SSSR count). The Bertz CT molecular complexity index is 659. The second-order valence-electron chi connectivity index (χ2n) is 5.57.